The molecule has 2 aliphatic rings. The van der Waals surface area contributed by atoms with Gasteiger partial charge in [0, 0.05) is 43.2 Å². The number of carboxylic acid groups (broad SMARTS) is 1. The van der Waals surface area contributed by atoms with Crippen LogP contribution >= 0.6 is 11.3 Å². The molecular weight excluding hydrogens is 238 g/mol. The molecule has 5 nitrogen and oxygen atoms in total. The summed E-state index contributed by atoms with van der Waals surface area (Å²) >= 11 is 1.67. The second-order valence-corrected chi connectivity index (χ2v) is 5.90. The van der Waals surface area contributed by atoms with Crippen LogP contribution in [0.4, 0.5) is 5.13 Å². The molecule has 6 heteroatoms. The molecule has 2 saturated heterocycles. The Kier molecular flexibility index (Phi) is 2.56. The molecule has 1 N–H and O–H groups in total. The number of nitrogens with zero attached hydrogens (tertiary/aromatic N) is 3. The van der Waals surface area contributed by atoms with Crippen LogP contribution in [-0.2, 0) is 4.79 Å². The van der Waals surface area contributed by atoms with E-state index < -0.39 is 5.97 Å². The summed E-state index contributed by atoms with van der Waals surface area (Å²) in [6.45, 7) is 4.09. The van der Waals surface area contributed by atoms with E-state index in [4.69, 9.17) is 5.11 Å². The van der Waals surface area contributed by atoms with Crippen molar-refractivity contribution in [2.24, 2.45) is 5.41 Å². The third-order valence-corrected chi connectivity index (χ3v) is 4.44. The fourth-order valence-corrected chi connectivity index (χ4v) is 3.60. The summed E-state index contributed by atoms with van der Waals surface area (Å²) in [5, 5.41) is 11.8. The van der Waals surface area contributed by atoms with Crippen LogP contribution in [0.2, 0.25) is 0 Å². The number of likely N-dealkylation sites (tertiary alicyclic amines) is 1. The van der Waals surface area contributed by atoms with Crippen molar-refractivity contribution < 1.29 is 9.90 Å². The van der Waals surface area contributed by atoms with Crippen LogP contribution in [0.5, 0.6) is 0 Å². The fourth-order valence-electron chi connectivity index (χ4n) is 2.93. The van der Waals surface area contributed by atoms with Gasteiger partial charge in [-0.15, -0.1) is 11.3 Å². The minimum atomic E-state index is -0.727. The van der Waals surface area contributed by atoms with Crippen molar-refractivity contribution >= 4 is 22.4 Å². The molecule has 0 aromatic carbocycles. The Balaban J connectivity index is 1.57. The third kappa shape index (κ3) is 2.02. The molecule has 0 aliphatic carbocycles. The van der Waals surface area contributed by atoms with Crippen molar-refractivity contribution in [3.8, 4) is 0 Å². The van der Waals surface area contributed by atoms with Crippen molar-refractivity contribution in [3.63, 3.8) is 0 Å². The lowest BCUT2D eigenvalue weighted by molar-refractivity contribution is -0.141. The van der Waals surface area contributed by atoms with Crippen LogP contribution in [0.15, 0.2) is 11.6 Å². The van der Waals surface area contributed by atoms with Crippen molar-refractivity contribution in [2.45, 2.75) is 6.42 Å². The molecule has 3 rings (SSSR count). The highest BCUT2D eigenvalue weighted by Crippen LogP contribution is 2.41. The molecule has 1 aromatic rings. The lowest BCUT2D eigenvalue weighted by Crippen LogP contribution is -2.58. The van der Waals surface area contributed by atoms with Crippen LogP contribution in [0.25, 0.3) is 0 Å². The first-order valence-electron chi connectivity index (χ1n) is 5.76. The van der Waals surface area contributed by atoms with Crippen LogP contribution in [-0.4, -0.2) is 53.7 Å². The Morgan fingerprint density at radius 3 is 3.00 bits per heavy atom. The maximum atomic E-state index is 10.6. The lowest BCUT2D eigenvalue weighted by Gasteiger charge is -2.47. The number of carbonyl (C=O) groups is 1. The summed E-state index contributed by atoms with van der Waals surface area (Å²) in [6, 6.07) is 0. The number of carboxylic acids is 1. The quantitative estimate of drug-likeness (QED) is 0.861. The van der Waals surface area contributed by atoms with E-state index >= 15 is 0 Å². The van der Waals surface area contributed by atoms with Gasteiger partial charge >= 0.3 is 5.97 Å². The predicted molar refractivity (Wildman–Crippen MR) is 65.5 cm³/mol. The Morgan fingerprint density at radius 2 is 2.35 bits per heavy atom. The highest BCUT2D eigenvalue weighted by Gasteiger charge is 2.48. The van der Waals surface area contributed by atoms with Crippen molar-refractivity contribution in [1.29, 1.82) is 0 Å². The maximum Gasteiger partial charge on any atom is 0.317 e. The molecule has 0 bridgehead atoms. The van der Waals surface area contributed by atoms with E-state index in [0.717, 1.165) is 37.7 Å². The molecule has 3 heterocycles. The highest BCUT2D eigenvalue weighted by atomic mass is 32.1. The van der Waals surface area contributed by atoms with Crippen LogP contribution in [0.1, 0.15) is 6.42 Å². The van der Waals surface area contributed by atoms with Gasteiger partial charge in [-0.05, 0) is 6.42 Å². The summed E-state index contributed by atoms with van der Waals surface area (Å²) in [6.07, 6.45) is 2.99. The van der Waals surface area contributed by atoms with E-state index in [-0.39, 0.29) is 6.54 Å². The van der Waals surface area contributed by atoms with Gasteiger partial charge in [-0.1, -0.05) is 0 Å². The topological polar surface area (TPSA) is 56.7 Å². The zero-order valence-electron chi connectivity index (χ0n) is 9.50. The molecular formula is C11H15N3O2S. The molecule has 0 unspecified atom stereocenters. The Bertz CT molecular complexity index is 414. The summed E-state index contributed by atoms with van der Waals surface area (Å²) in [7, 11) is 0. The molecule has 0 amide bonds. The normalized spacial score (nSPS) is 22.9. The zero-order valence-corrected chi connectivity index (χ0v) is 10.3. The van der Waals surface area contributed by atoms with Crippen LogP contribution in [0.3, 0.4) is 0 Å². The summed E-state index contributed by atoms with van der Waals surface area (Å²) < 4.78 is 0. The first-order chi connectivity index (χ1) is 8.17. The van der Waals surface area contributed by atoms with Gasteiger partial charge in [0.25, 0.3) is 0 Å². The molecule has 2 aliphatic heterocycles. The lowest BCUT2D eigenvalue weighted by atomic mass is 9.79. The minimum Gasteiger partial charge on any atom is -0.480 e. The van der Waals surface area contributed by atoms with Crippen LogP contribution < -0.4 is 4.90 Å². The first-order valence-corrected chi connectivity index (χ1v) is 6.63. The Labute approximate surface area is 104 Å². The van der Waals surface area contributed by atoms with Gasteiger partial charge in [-0.3, -0.25) is 9.69 Å². The van der Waals surface area contributed by atoms with Crippen LogP contribution in [0, 0.1) is 5.41 Å². The fraction of sp³-hybridized carbons (Fsp3) is 0.636. The molecule has 0 radical (unpaired) electrons. The molecule has 1 aromatic heterocycles. The Hall–Kier alpha value is -1.14. The van der Waals surface area contributed by atoms with Crippen molar-refractivity contribution in [2.75, 3.05) is 37.6 Å². The summed E-state index contributed by atoms with van der Waals surface area (Å²) in [4.78, 5) is 19.3. The largest absolute Gasteiger partial charge is 0.480 e. The highest BCUT2D eigenvalue weighted by molar-refractivity contribution is 7.13. The van der Waals surface area contributed by atoms with E-state index in [1.165, 1.54) is 0 Å². The minimum absolute atomic E-state index is 0.180. The number of hydrogen-bond donors (Lipinski definition) is 1. The van der Waals surface area contributed by atoms with E-state index in [2.05, 4.69) is 9.88 Å². The Morgan fingerprint density at radius 1 is 1.53 bits per heavy atom. The number of thiazole rings is 1. The predicted octanol–water partition coefficient (Wildman–Crippen LogP) is 0.740. The smallest absolute Gasteiger partial charge is 0.317 e. The van der Waals surface area contributed by atoms with Gasteiger partial charge in [0.2, 0.25) is 0 Å². The average Bonchev–Trinajstić information content (AvgIpc) is 2.80. The van der Waals surface area contributed by atoms with E-state index in [9.17, 15) is 4.79 Å². The number of anilines is 1. The van der Waals surface area contributed by atoms with Crippen molar-refractivity contribution in [3.05, 3.63) is 11.6 Å². The number of rotatable bonds is 3. The SMILES string of the molecule is O=C(O)CN1CC2(CCN(c3nccs3)C2)C1. The van der Waals surface area contributed by atoms with Gasteiger partial charge in [0.15, 0.2) is 5.13 Å². The number of hydrogen-bond acceptors (Lipinski definition) is 5. The summed E-state index contributed by atoms with van der Waals surface area (Å²) in [5.41, 5.74) is 0.321. The molecule has 2 fully saturated rings. The van der Waals surface area contributed by atoms with Gasteiger partial charge in [0.1, 0.15) is 0 Å². The maximum absolute atomic E-state index is 10.6. The first kappa shape index (κ1) is 11.0. The standard InChI is InChI=1S/C11H15N3O2S/c15-9(16)5-13-6-11(7-13)1-3-14(8-11)10-12-2-4-17-10/h2,4H,1,3,5-8H2,(H,15,16). The van der Waals surface area contributed by atoms with Crippen molar-refractivity contribution in [1.82, 2.24) is 9.88 Å². The van der Waals surface area contributed by atoms with E-state index in [1.54, 1.807) is 11.3 Å². The molecule has 17 heavy (non-hydrogen) atoms. The molecule has 0 saturated carbocycles. The van der Waals surface area contributed by atoms with Gasteiger partial charge in [0.05, 0.1) is 6.54 Å². The third-order valence-electron chi connectivity index (χ3n) is 3.61. The van der Waals surface area contributed by atoms with Gasteiger partial charge in [-0.2, -0.15) is 0 Å². The van der Waals surface area contributed by atoms with E-state index in [0.29, 0.717) is 5.41 Å². The van der Waals surface area contributed by atoms with Gasteiger partial charge < -0.3 is 10.0 Å². The summed E-state index contributed by atoms with van der Waals surface area (Å²) in [5.74, 6) is -0.727. The van der Waals surface area contributed by atoms with Gasteiger partial charge in [-0.25, -0.2) is 4.98 Å². The van der Waals surface area contributed by atoms with E-state index in [1.807, 2.05) is 16.5 Å². The number of aromatic nitrogens is 1. The second-order valence-electron chi connectivity index (χ2n) is 5.03. The number of aliphatic carboxylic acids is 1. The molecule has 1 spiro atoms. The molecule has 92 valence electrons. The monoisotopic (exact) mass is 253 g/mol. The second kappa shape index (κ2) is 3.96. The molecule has 0 atom stereocenters. The average molecular weight is 253 g/mol. The zero-order chi connectivity index (χ0) is 11.9.